The van der Waals surface area contributed by atoms with Gasteiger partial charge in [0.2, 0.25) is 0 Å². The van der Waals surface area contributed by atoms with Crippen LogP contribution >= 0.6 is 0 Å². The number of benzene rings is 1. The van der Waals surface area contributed by atoms with Crippen molar-refractivity contribution in [3.05, 3.63) is 35.4 Å². The summed E-state index contributed by atoms with van der Waals surface area (Å²) in [6.45, 7) is 5.48. The van der Waals surface area contributed by atoms with Crippen LogP contribution in [0.5, 0.6) is 0 Å². The number of rotatable bonds is 2. The molecule has 1 aromatic rings. The van der Waals surface area contributed by atoms with E-state index in [-0.39, 0.29) is 5.54 Å². The molecule has 2 heteroatoms. The molecule has 2 atom stereocenters. The van der Waals surface area contributed by atoms with Gasteiger partial charge in [0.05, 0.1) is 0 Å². The maximum atomic E-state index is 6.26. The van der Waals surface area contributed by atoms with Crippen LogP contribution in [0.3, 0.4) is 0 Å². The highest BCUT2D eigenvalue weighted by Gasteiger charge is 2.48. The summed E-state index contributed by atoms with van der Waals surface area (Å²) in [5.74, 6) is 0.709. The fourth-order valence-electron chi connectivity index (χ4n) is 2.66. The van der Waals surface area contributed by atoms with Crippen LogP contribution in [0, 0.1) is 5.92 Å². The quantitative estimate of drug-likeness (QED) is 0.791. The molecule has 0 spiro atoms. The summed E-state index contributed by atoms with van der Waals surface area (Å²) in [5.41, 5.74) is 9.34. The largest absolute Gasteiger partial charge is 0.324 e. The third kappa shape index (κ3) is 1.58. The molecular formula is C13H18N2. The highest BCUT2D eigenvalue weighted by molar-refractivity contribution is 5.30. The lowest BCUT2D eigenvalue weighted by Crippen LogP contribution is -2.38. The number of hydrogen-bond donors (Lipinski definition) is 1. The van der Waals surface area contributed by atoms with Crippen molar-refractivity contribution in [2.75, 3.05) is 6.54 Å². The van der Waals surface area contributed by atoms with Crippen LogP contribution in [0.15, 0.2) is 24.3 Å². The number of nitrogens with zero attached hydrogens (tertiary/aromatic N) is 1. The molecule has 15 heavy (non-hydrogen) atoms. The molecule has 1 aliphatic heterocycles. The molecule has 1 heterocycles. The number of fused-ring (bicyclic) bond motifs is 1. The molecule has 1 aromatic carbocycles. The molecule has 3 rings (SSSR count). The first-order valence-electron chi connectivity index (χ1n) is 5.75. The minimum atomic E-state index is 0.113. The first-order valence-corrected chi connectivity index (χ1v) is 5.75. The van der Waals surface area contributed by atoms with E-state index in [1.54, 1.807) is 0 Å². The van der Waals surface area contributed by atoms with E-state index in [9.17, 15) is 0 Å². The van der Waals surface area contributed by atoms with E-state index >= 15 is 0 Å². The molecule has 1 aliphatic carbocycles. The lowest BCUT2D eigenvalue weighted by Gasteiger charge is -2.20. The van der Waals surface area contributed by atoms with Gasteiger partial charge in [-0.3, -0.25) is 4.90 Å². The summed E-state index contributed by atoms with van der Waals surface area (Å²) >= 11 is 0. The zero-order valence-electron chi connectivity index (χ0n) is 9.24. The molecule has 2 unspecified atom stereocenters. The maximum absolute atomic E-state index is 6.26. The Morgan fingerprint density at radius 3 is 2.33 bits per heavy atom. The van der Waals surface area contributed by atoms with Crippen molar-refractivity contribution >= 4 is 0 Å². The van der Waals surface area contributed by atoms with Gasteiger partial charge in [0, 0.05) is 25.2 Å². The third-order valence-electron chi connectivity index (χ3n) is 3.93. The molecule has 2 nitrogen and oxygen atoms in total. The highest BCUT2D eigenvalue weighted by atomic mass is 15.2. The molecule has 2 aliphatic rings. The Bertz CT molecular complexity index is 363. The Balaban J connectivity index is 1.69. The monoisotopic (exact) mass is 202 g/mol. The Kier molecular flexibility index (Phi) is 1.91. The van der Waals surface area contributed by atoms with Crippen LogP contribution in [0.2, 0.25) is 0 Å². The predicted molar refractivity (Wildman–Crippen MR) is 61.3 cm³/mol. The molecule has 2 N–H and O–H groups in total. The van der Waals surface area contributed by atoms with E-state index in [4.69, 9.17) is 5.73 Å². The van der Waals surface area contributed by atoms with Gasteiger partial charge in [-0.15, -0.1) is 0 Å². The zero-order valence-corrected chi connectivity index (χ0v) is 9.24. The molecular weight excluding hydrogens is 184 g/mol. The number of nitrogens with two attached hydrogens (primary N) is 1. The van der Waals surface area contributed by atoms with E-state index in [1.165, 1.54) is 17.5 Å². The minimum Gasteiger partial charge on any atom is -0.324 e. The van der Waals surface area contributed by atoms with Crippen LogP contribution in [0.1, 0.15) is 24.5 Å². The van der Waals surface area contributed by atoms with Gasteiger partial charge < -0.3 is 5.73 Å². The van der Waals surface area contributed by atoms with E-state index in [2.05, 4.69) is 36.1 Å². The van der Waals surface area contributed by atoms with Gasteiger partial charge in [-0.05, 0) is 23.5 Å². The Labute approximate surface area is 91.1 Å². The predicted octanol–water partition coefficient (Wildman–Crippen LogP) is 1.74. The Morgan fingerprint density at radius 2 is 1.87 bits per heavy atom. The Hall–Kier alpha value is -0.860. The fourth-order valence-corrected chi connectivity index (χ4v) is 2.66. The fraction of sp³-hybridized carbons (Fsp3) is 0.538. The topological polar surface area (TPSA) is 29.3 Å². The summed E-state index contributed by atoms with van der Waals surface area (Å²) in [6, 6.07) is 8.71. The second kappa shape index (κ2) is 3.06. The summed E-state index contributed by atoms with van der Waals surface area (Å²) in [4.78, 5) is 2.48. The molecule has 1 fully saturated rings. The Morgan fingerprint density at radius 1 is 1.33 bits per heavy atom. The van der Waals surface area contributed by atoms with Crippen molar-refractivity contribution in [3.63, 3.8) is 0 Å². The van der Waals surface area contributed by atoms with Gasteiger partial charge in [-0.2, -0.15) is 0 Å². The van der Waals surface area contributed by atoms with Crippen molar-refractivity contribution in [1.82, 2.24) is 4.90 Å². The number of hydrogen-bond acceptors (Lipinski definition) is 2. The van der Waals surface area contributed by atoms with Crippen molar-refractivity contribution in [2.45, 2.75) is 32.0 Å². The highest BCUT2D eigenvalue weighted by Crippen LogP contribution is 2.42. The van der Waals surface area contributed by atoms with E-state index in [0.717, 1.165) is 19.6 Å². The molecule has 0 saturated heterocycles. The second-order valence-corrected chi connectivity index (χ2v) is 5.25. The average molecular weight is 202 g/mol. The average Bonchev–Trinajstić information content (AvgIpc) is 2.62. The summed E-state index contributed by atoms with van der Waals surface area (Å²) < 4.78 is 0. The van der Waals surface area contributed by atoms with Crippen LogP contribution in [0.4, 0.5) is 0 Å². The molecule has 0 bridgehead atoms. The second-order valence-electron chi connectivity index (χ2n) is 5.25. The van der Waals surface area contributed by atoms with Crippen LogP contribution in [-0.2, 0) is 13.1 Å². The van der Waals surface area contributed by atoms with Gasteiger partial charge >= 0.3 is 0 Å². The van der Waals surface area contributed by atoms with Crippen molar-refractivity contribution in [1.29, 1.82) is 0 Å². The SMILES string of the molecule is CC1CC1(N)CN1Cc2ccccc2C1. The van der Waals surface area contributed by atoms with Crippen molar-refractivity contribution in [3.8, 4) is 0 Å². The maximum Gasteiger partial charge on any atom is 0.0313 e. The normalized spacial score (nSPS) is 34.1. The van der Waals surface area contributed by atoms with Crippen LogP contribution < -0.4 is 5.73 Å². The first kappa shape index (κ1) is 9.37. The van der Waals surface area contributed by atoms with Gasteiger partial charge in [0.15, 0.2) is 0 Å². The molecule has 1 saturated carbocycles. The summed E-state index contributed by atoms with van der Waals surface area (Å²) in [5, 5.41) is 0. The van der Waals surface area contributed by atoms with Gasteiger partial charge in [-0.1, -0.05) is 31.2 Å². The van der Waals surface area contributed by atoms with E-state index in [1.807, 2.05) is 0 Å². The van der Waals surface area contributed by atoms with E-state index in [0.29, 0.717) is 5.92 Å². The van der Waals surface area contributed by atoms with Gasteiger partial charge in [-0.25, -0.2) is 0 Å². The first-order chi connectivity index (χ1) is 7.17. The molecule has 80 valence electrons. The zero-order chi connectivity index (χ0) is 10.5. The van der Waals surface area contributed by atoms with E-state index < -0.39 is 0 Å². The molecule has 0 radical (unpaired) electrons. The lowest BCUT2D eigenvalue weighted by molar-refractivity contribution is 0.252. The van der Waals surface area contributed by atoms with Crippen LogP contribution in [0.25, 0.3) is 0 Å². The third-order valence-corrected chi connectivity index (χ3v) is 3.93. The molecule has 0 amide bonds. The standard InChI is InChI=1S/C13H18N2/c1-10-6-13(10,14)9-15-7-11-4-2-3-5-12(11)8-15/h2-5,10H,6-9,14H2,1H3. The van der Waals surface area contributed by atoms with Crippen molar-refractivity contribution < 1.29 is 0 Å². The van der Waals surface area contributed by atoms with Gasteiger partial charge in [0.1, 0.15) is 0 Å². The van der Waals surface area contributed by atoms with Crippen LogP contribution in [-0.4, -0.2) is 17.0 Å². The summed E-state index contributed by atoms with van der Waals surface area (Å²) in [7, 11) is 0. The smallest absolute Gasteiger partial charge is 0.0313 e. The van der Waals surface area contributed by atoms with Crippen molar-refractivity contribution in [2.24, 2.45) is 11.7 Å². The van der Waals surface area contributed by atoms with Gasteiger partial charge in [0.25, 0.3) is 0 Å². The molecule has 0 aromatic heterocycles. The summed E-state index contributed by atoms with van der Waals surface area (Å²) in [6.07, 6.45) is 1.19. The lowest BCUT2D eigenvalue weighted by atomic mass is 10.1. The minimum absolute atomic E-state index is 0.113.